The molecule has 0 spiro atoms. The van der Waals surface area contributed by atoms with Gasteiger partial charge in [0.1, 0.15) is 11.3 Å². The lowest BCUT2D eigenvalue weighted by atomic mass is 10.1. The van der Waals surface area contributed by atoms with Crippen LogP contribution < -0.4 is 15.4 Å². The van der Waals surface area contributed by atoms with Gasteiger partial charge in [-0.05, 0) is 55.0 Å². The lowest BCUT2D eigenvalue weighted by Crippen LogP contribution is -2.23. The maximum Gasteiger partial charge on any atom is 0.291 e. The van der Waals surface area contributed by atoms with E-state index in [2.05, 4.69) is 10.6 Å². The fourth-order valence-corrected chi connectivity index (χ4v) is 3.11. The highest BCUT2D eigenvalue weighted by Crippen LogP contribution is 2.28. The van der Waals surface area contributed by atoms with E-state index in [9.17, 15) is 9.59 Å². The molecule has 4 rings (SSSR count). The van der Waals surface area contributed by atoms with E-state index in [0.717, 1.165) is 16.5 Å². The van der Waals surface area contributed by atoms with Crippen molar-refractivity contribution in [2.24, 2.45) is 0 Å². The van der Waals surface area contributed by atoms with Gasteiger partial charge in [-0.3, -0.25) is 9.59 Å². The first-order valence-corrected chi connectivity index (χ1v) is 9.34. The molecule has 2 amide bonds. The number of benzene rings is 2. The molecule has 4 aromatic rings. The lowest BCUT2D eigenvalue weighted by molar-refractivity contribution is 0.0924. The summed E-state index contributed by atoms with van der Waals surface area (Å²) >= 11 is 0. The molecule has 0 atom stereocenters. The van der Waals surface area contributed by atoms with Gasteiger partial charge in [-0.1, -0.05) is 12.1 Å². The Morgan fingerprint density at radius 1 is 1.03 bits per heavy atom. The predicted octanol–water partition coefficient (Wildman–Crippen LogP) is 4.53. The summed E-state index contributed by atoms with van der Waals surface area (Å²) in [6, 6.07) is 15.9. The first-order chi connectivity index (χ1) is 14.5. The van der Waals surface area contributed by atoms with Crippen LogP contribution in [0.4, 0.5) is 5.69 Å². The number of aryl methyl sites for hydroxylation is 1. The number of anilines is 1. The van der Waals surface area contributed by atoms with Gasteiger partial charge in [0.05, 0.1) is 13.4 Å². The van der Waals surface area contributed by atoms with Crippen LogP contribution in [0, 0.1) is 6.92 Å². The third kappa shape index (κ3) is 3.91. The standard InChI is InChI=1S/C23H20N2O5/c1-14-18-12-17(28-2)9-10-19(18)30-21(14)23(27)24-13-15-5-7-16(8-6-15)25-22(26)20-4-3-11-29-20/h3-12H,13H2,1-2H3,(H,24,27)(H,25,26). The Balaban J connectivity index is 1.40. The molecule has 2 aromatic carbocycles. The van der Waals surface area contributed by atoms with Crippen molar-refractivity contribution in [3.05, 3.63) is 83.5 Å². The predicted molar refractivity (Wildman–Crippen MR) is 112 cm³/mol. The van der Waals surface area contributed by atoms with Gasteiger partial charge in [-0.25, -0.2) is 0 Å². The minimum atomic E-state index is -0.321. The highest BCUT2D eigenvalue weighted by molar-refractivity contribution is 6.02. The summed E-state index contributed by atoms with van der Waals surface area (Å²) in [5, 5.41) is 6.45. The number of ether oxygens (including phenoxy) is 1. The molecule has 0 aliphatic heterocycles. The summed E-state index contributed by atoms with van der Waals surface area (Å²) in [5.41, 5.74) is 2.91. The molecule has 2 N–H and O–H groups in total. The smallest absolute Gasteiger partial charge is 0.291 e. The number of hydrogen-bond donors (Lipinski definition) is 2. The Morgan fingerprint density at radius 3 is 2.53 bits per heavy atom. The van der Waals surface area contributed by atoms with Crippen LogP contribution in [0.1, 0.15) is 32.2 Å². The average Bonchev–Trinajstić information content (AvgIpc) is 3.41. The lowest BCUT2D eigenvalue weighted by Gasteiger charge is -2.07. The number of furan rings is 2. The Bertz CT molecular complexity index is 1190. The van der Waals surface area contributed by atoms with Gasteiger partial charge >= 0.3 is 0 Å². The second-order valence-electron chi connectivity index (χ2n) is 6.73. The van der Waals surface area contributed by atoms with Gasteiger partial charge in [-0.15, -0.1) is 0 Å². The third-order valence-electron chi connectivity index (χ3n) is 4.76. The van der Waals surface area contributed by atoms with E-state index in [4.69, 9.17) is 13.6 Å². The molecule has 7 nitrogen and oxygen atoms in total. The van der Waals surface area contributed by atoms with E-state index >= 15 is 0 Å². The number of carbonyl (C=O) groups excluding carboxylic acids is 2. The molecule has 152 valence electrons. The Kier molecular flexibility index (Phi) is 5.26. The molecular weight excluding hydrogens is 384 g/mol. The van der Waals surface area contributed by atoms with Gasteiger partial charge in [0, 0.05) is 23.2 Å². The Labute approximate surface area is 172 Å². The summed E-state index contributed by atoms with van der Waals surface area (Å²) in [7, 11) is 1.60. The monoisotopic (exact) mass is 404 g/mol. The Morgan fingerprint density at radius 2 is 1.83 bits per heavy atom. The van der Waals surface area contributed by atoms with Crippen LogP contribution in [0.2, 0.25) is 0 Å². The maximum absolute atomic E-state index is 12.6. The molecule has 0 fully saturated rings. The van der Waals surface area contributed by atoms with Crippen LogP contribution in [-0.2, 0) is 6.54 Å². The molecule has 30 heavy (non-hydrogen) atoms. The van der Waals surface area contributed by atoms with E-state index < -0.39 is 0 Å². The van der Waals surface area contributed by atoms with Gasteiger partial charge in [0.25, 0.3) is 11.8 Å². The highest BCUT2D eigenvalue weighted by atomic mass is 16.5. The van der Waals surface area contributed by atoms with Crippen molar-refractivity contribution in [1.29, 1.82) is 0 Å². The summed E-state index contributed by atoms with van der Waals surface area (Å²) in [5.74, 6) is 0.610. The number of fused-ring (bicyclic) bond motifs is 1. The van der Waals surface area contributed by atoms with Gasteiger partial charge in [0.2, 0.25) is 0 Å². The number of nitrogens with one attached hydrogen (secondary N) is 2. The number of methoxy groups -OCH3 is 1. The fraction of sp³-hybridized carbons (Fsp3) is 0.130. The summed E-state index contributed by atoms with van der Waals surface area (Å²) in [6.45, 7) is 2.17. The molecule has 0 saturated carbocycles. The highest BCUT2D eigenvalue weighted by Gasteiger charge is 2.18. The van der Waals surface area contributed by atoms with E-state index in [0.29, 0.717) is 23.6 Å². The summed E-state index contributed by atoms with van der Waals surface area (Å²) in [6.07, 6.45) is 1.45. The number of amides is 2. The largest absolute Gasteiger partial charge is 0.497 e. The van der Waals surface area contributed by atoms with Crippen molar-refractivity contribution in [1.82, 2.24) is 5.32 Å². The normalized spacial score (nSPS) is 10.7. The van der Waals surface area contributed by atoms with Crippen LogP contribution in [0.3, 0.4) is 0 Å². The van der Waals surface area contributed by atoms with E-state index in [1.165, 1.54) is 6.26 Å². The van der Waals surface area contributed by atoms with E-state index in [-0.39, 0.29) is 23.3 Å². The molecule has 0 unspecified atom stereocenters. The van der Waals surface area contributed by atoms with Crippen LogP contribution in [0.25, 0.3) is 11.0 Å². The molecular formula is C23H20N2O5. The first kappa shape index (κ1) is 19.3. The maximum atomic E-state index is 12.6. The SMILES string of the molecule is COc1ccc2oc(C(=O)NCc3ccc(NC(=O)c4ccco4)cc3)c(C)c2c1. The molecule has 0 aliphatic rings. The third-order valence-corrected chi connectivity index (χ3v) is 4.76. The molecule has 0 bridgehead atoms. The van der Waals surface area contributed by atoms with Crippen LogP contribution in [0.5, 0.6) is 5.75 Å². The quantitative estimate of drug-likeness (QED) is 0.493. The fourth-order valence-electron chi connectivity index (χ4n) is 3.11. The van der Waals surface area contributed by atoms with Crippen LogP contribution >= 0.6 is 0 Å². The molecule has 2 heterocycles. The minimum Gasteiger partial charge on any atom is -0.497 e. The average molecular weight is 404 g/mol. The van der Waals surface area contributed by atoms with Gasteiger partial charge < -0.3 is 24.2 Å². The molecule has 0 radical (unpaired) electrons. The zero-order valence-electron chi connectivity index (χ0n) is 16.5. The van der Waals surface area contributed by atoms with E-state index in [1.54, 1.807) is 43.5 Å². The van der Waals surface area contributed by atoms with E-state index in [1.807, 2.05) is 25.1 Å². The van der Waals surface area contributed by atoms with Crippen LogP contribution in [0.15, 0.2) is 69.7 Å². The topological polar surface area (TPSA) is 93.7 Å². The van der Waals surface area contributed by atoms with Crippen molar-refractivity contribution < 1.29 is 23.2 Å². The van der Waals surface area contributed by atoms with Crippen molar-refractivity contribution in [2.75, 3.05) is 12.4 Å². The second-order valence-corrected chi connectivity index (χ2v) is 6.73. The first-order valence-electron chi connectivity index (χ1n) is 9.34. The second kappa shape index (κ2) is 8.16. The zero-order valence-corrected chi connectivity index (χ0v) is 16.5. The van der Waals surface area contributed by atoms with Crippen LogP contribution in [-0.4, -0.2) is 18.9 Å². The minimum absolute atomic E-state index is 0.241. The molecule has 0 saturated heterocycles. The van der Waals surface area contributed by atoms with Gasteiger partial charge in [-0.2, -0.15) is 0 Å². The number of rotatable bonds is 6. The van der Waals surface area contributed by atoms with Crippen molar-refractivity contribution in [3.63, 3.8) is 0 Å². The summed E-state index contributed by atoms with van der Waals surface area (Å²) < 4.78 is 16.0. The zero-order chi connectivity index (χ0) is 21.1. The van der Waals surface area contributed by atoms with Crippen molar-refractivity contribution >= 4 is 28.5 Å². The van der Waals surface area contributed by atoms with Gasteiger partial charge in [0.15, 0.2) is 11.5 Å². The number of hydrogen-bond acceptors (Lipinski definition) is 5. The number of carbonyl (C=O) groups is 2. The van der Waals surface area contributed by atoms with Crippen molar-refractivity contribution in [3.8, 4) is 5.75 Å². The summed E-state index contributed by atoms with van der Waals surface area (Å²) in [4.78, 5) is 24.6. The molecule has 2 aromatic heterocycles. The molecule has 0 aliphatic carbocycles. The Hall–Kier alpha value is -4.00. The molecule has 7 heteroatoms. The van der Waals surface area contributed by atoms with Crippen molar-refractivity contribution in [2.45, 2.75) is 13.5 Å².